The maximum Gasteiger partial charge on any atom is 0.250 e. The van der Waals surface area contributed by atoms with E-state index in [0.717, 1.165) is 35.3 Å². The van der Waals surface area contributed by atoms with Gasteiger partial charge in [0.1, 0.15) is 5.75 Å². The van der Waals surface area contributed by atoms with E-state index in [9.17, 15) is 4.79 Å². The van der Waals surface area contributed by atoms with Crippen molar-refractivity contribution in [1.82, 2.24) is 4.98 Å². The van der Waals surface area contributed by atoms with Gasteiger partial charge < -0.3 is 10.5 Å². The Hall–Kier alpha value is -2.88. The fourth-order valence-electron chi connectivity index (χ4n) is 4.38. The SMILES string of the molecule is CC1CCC(C(C)C)CC1.CCc1ccc(Oc2ccc(C(N)=O)cn2)c2ccccc12. The van der Waals surface area contributed by atoms with Gasteiger partial charge in [-0.05, 0) is 60.1 Å². The highest BCUT2D eigenvalue weighted by atomic mass is 16.5. The smallest absolute Gasteiger partial charge is 0.250 e. The van der Waals surface area contributed by atoms with E-state index in [2.05, 4.69) is 44.8 Å². The zero-order chi connectivity index (χ0) is 23.1. The molecule has 2 N–H and O–H groups in total. The van der Waals surface area contributed by atoms with Crippen LogP contribution in [-0.4, -0.2) is 10.9 Å². The molecule has 2 aromatic carbocycles. The van der Waals surface area contributed by atoms with Gasteiger partial charge in [-0.25, -0.2) is 4.98 Å². The molecule has 4 heteroatoms. The summed E-state index contributed by atoms with van der Waals surface area (Å²) in [6, 6.07) is 15.4. The molecule has 4 rings (SSSR count). The van der Waals surface area contributed by atoms with Crippen LogP contribution in [0.1, 0.15) is 69.3 Å². The molecule has 0 spiro atoms. The van der Waals surface area contributed by atoms with E-state index in [0.29, 0.717) is 11.4 Å². The van der Waals surface area contributed by atoms with Gasteiger partial charge >= 0.3 is 0 Å². The van der Waals surface area contributed by atoms with Gasteiger partial charge in [0.25, 0.3) is 0 Å². The van der Waals surface area contributed by atoms with Crippen LogP contribution in [0.2, 0.25) is 0 Å². The van der Waals surface area contributed by atoms with Crippen LogP contribution in [0, 0.1) is 17.8 Å². The second-order valence-electron chi connectivity index (χ2n) is 9.24. The second kappa shape index (κ2) is 11.1. The van der Waals surface area contributed by atoms with Crippen LogP contribution < -0.4 is 10.5 Å². The first-order chi connectivity index (χ1) is 15.4. The van der Waals surface area contributed by atoms with Crippen molar-refractivity contribution in [3.05, 3.63) is 65.9 Å². The minimum atomic E-state index is -0.503. The number of carbonyl (C=O) groups excluding carboxylic acids is 1. The summed E-state index contributed by atoms with van der Waals surface area (Å²) in [6.07, 6.45) is 8.30. The molecule has 0 aliphatic heterocycles. The number of hydrogen-bond donors (Lipinski definition) is 1. The molecule has 1 amide bonds. The van der Waals surface area contributed by atoms with Crippen molar-refractivity contribution in [3.8, 4) is 11.6 Å². The molecule has 170 valence electrons. The molecule has 0 atom stereocenters. The van der Waals surface area contributed by atoms with E-state index in [1.54, 1.807) is 12.1 Å². The Morgan fingerprint density at radius 2 is 1.72 bits per heavy atom. The lowest BCUT2D eigenvalue weighted by Gasteiger charge is -2.28. The molecule has 0 unspecified atom stereocenters. The molecule has 1 saturated carbocycles. The van der Waals surface area contributed by atoms with Crippen molar-refractivity contribution in [2.75, 3.05) is 0 Å². The number of ether oxygens (including phenoxy) is 1. The third-order valence-corrected chi connectivity index (χ3v) is 6.59. The van der Waals surface area contributed by atoms with Crippen LogP contribution >= 0.6 is 0 Å². The Balaban J connectivity index is 0.000000243. The van der Waals surface area contributed by atoms with E-state index >= 15 is 0 Å². The summed E-state index contributed by atoms with van der Waals surface area (Å²) in [5.74, 6) is 3.64. The van der Waals surface area contributed by atoms with Crippen LogP contribution in [0.3, 0.4) is 0 Å². The first kappa shape index (κ1) is 23.8. The minimum absolute atomic E-state index is 0.360. The summed E-state index contributed by atoms with van der Waals surface area (Å²) < 4.78 is 5.86. The zero-order valence-electron chi connectivity index (χ0n) is 19.8. The Kier molecular flexibility index (Phi) is 8.26. The number of benzene rings is 2. The number of pyridine rings is 1. The lowest BCUT2D eigenvalue weighted by molar-refractivity contribution is 0.1000. The highest BCUT2D eigenvalue weighted by molar-refractivity contribution is 5.92. The average molecular weight is 433 g/mol. The van der Waals surface area contributed by atoms with Crippen molar-refractivity contribution in [1.29, 1.82) is 0 Å². The van der Waals surface area contributed by atoms with E-state index in [1.807, 2.05) is 24.3 Å². The Bertz CT molecular complexity index is 1020. The standard InChI is InChI=1S/C18H16N2O2.C10H20/c1-2-12-7-9-16(15-6-4-3-5-14(12)15)22-17-10-8-13(11-20-17)18(19)21;1-8(2)10-6-4-9(3)5-7-10/h3-11H,2H2,1H3,(H2,19,21);8-10H,4-7H2,1-3H3. The first-order valence-corrected chi connectivity index (χ1v) is 11.8. The topological polar surface area (TPSA) is 65.2 Å². The predicted molar refractivity (Wildman–Crippen MR) is 132 cm³/mol. The van der Waals surface area contributed by atoms with Gasteiger partial charge in [-0.2, -0.15) is 0 Å². The molecule has 1 aliphatic rings. The number of fused-ring (bicyclic) bond motifs is 1. The van der Waals surface area contributed by atoms with E-state index < -0.39 is 5.91 Å². The number of rotatable bonds is 5. The number of carbonyl (C=O) groups is 1. The van der Waals surface area contributed by atoms with Crippen molar-refractivity contribution in [2.24, 2.45) is 23.5 Å². The molecule has 0 saturated heterocycles. The molecule has 4 nitrogen and oxygen atoms in total. The van der Waals surface area contributed by atoms with Gasteiger partial charge in [-0.15, -0.1) is 0 Å². The molecule has 1 fully saturated rings. The van der Waals surface area contributed by atoms with Crippen molar-refractivity contribution < 1.29 is 9.53 Å². The molecule has 32 heavy (non-hydrogen) atoms. The first-order valence-electron chi connectivity index (χ1n) is 11.8. The lowest BCUT2D eigenvalue weighted by atomic mass is 9.78. The predicted octanol–water partition coefficient (Wildman–Crippen LogP) is 7.16. The van der Waals surface area contributed by atoms with Gasteiger partial charge in [0, 0.05) is 17.6 Å². The van der Waals surface area contributed by atoms with Gasteiger partial charge in [0.2, 0.25) is 11.8 Å². The maximum atomic E-state index is 11.1. The summed E-state index contributed by atoms with van der Waals surface area (Å²) in [5.41, 5.74) is 6.84. The second-order valence-corrected chi connectivity index (χ2v) is 9.24. The van der Waals surface area contributed by atoms with Crippen molar-refractivity contribution >= 4 is 16.7 Å². The monoisotopic (exact) mass is 432 g/mol. The Morgan fingerprint density at radius 3 is 2.28 bits per heavy atom. The van der Waals surface area contributed by atoms with Gasteiger partial charge in [0.15, 0.2) is 0 Å². The molecule has 1 aromatic heterocycles. The van der Waals surface area contributed by atoms with E-state index in [-0.39, 0.29) is 0 Å². The Morgan fingerprint density at radius 1 is 1.03 bits per heavy atom. The fourth-order valence-corrected chi connectivity index (χ4v) is 4.38. The van der Waals surface area contributed by atoms with Crippen LogP contribution in [0.15, 0.2) is 54.7 Å². The molecule has 1 aliphatic carbocycles. The molecule has 1 heterocycles. The van der Waals surface area contributed by atoms with Crippen LogP contribution in [0.25, 0.3) is 10.8 Å². The third kappa shape index (κ3) is 6.09. The highest BCUT2D eigenvalue weighted by Crippen LogP contribution is 2.33. The summed E-state index contributed by atoms with van der Waals surface area (Å²) in [7, 11) is 0. The van der Waals surface area contributed by atoms with Crippen LogP contribution in [0.4, 0.5) is 0 Å². The Labute approximate surface area is 192 Å². The number of aromatic nitrogens is 1. The number of aryl methyl sites for hydroxylation is 1. The lowest BCUT2D eigenvalue weighted by Crippen LogP contribution is -2.16. The van der Waals surface area contributed by atoms with Gasteiger partial charge in [-0.1, -0.05) is 70.9 Å². The maximum absolute atomic E-state index is 11.1. The quantitative estimate of drug-likeness (QED) is 0.465. The van der Waals surface area contributed by atoms with Crippen LogP contribution in [-0.2, 0) is 6.42 Å². The third-order valence-electron chi connectivity index (χ3n) is 6.59. The summed E-state index contributed by atoms with van der Waals surface area (Å²) >= 11 is 0. The van der Waals surface area contributed by atoms with Crippen molar-refractivity contribution in [2.45, 2.75) is 59.8 Å². The zero-order valence-corrected chi connectivity index (χ0v) is 19.8. The largest absolute Gasteiger partial charge is 0.438 e. The van der Waals surface area contributed by atoms with Crippen molar-refractivity contribution in [3.63, 3.8) is 0 Å². The van der Waals surface area contributed by atoms with Crippen LogP contribution in [0.5, 0.6) is 11.6 Å². The number of amides is 1. The molecule has 0 radical (unpaired) electrons. The highest BCUT2D eigenvalue weighted by Gasteiger charge is 2.20. The summed E-state index contributed by atoms with van der Waals surface area (Å²) in [5, 5.41) is 2.22. The van der Waals surface area contributed by atoms with E-state index in [4.69, 9.17) is 10.5 Å². The van der Waals surface area contributed by atoms with Gasteiger partial charge in [0.05, 0.1) is 5.56 Å². The molecule has 0 bridgehead atoms. The molecule has 3 aromatic rings. The fraction of sp³-hybridized carbons (Fsp3) is 0.429. The number of nitrogens with zero attached hydrogens (tertiary/aromatic N) is 1. The molecular weight excluding hydrogens is 396 g/mol. The molecular formula is C28H36N2O2. The summed E-state index contributed by atoms with van der Waals surface area (Å²) in [4.78, 5) is 15.2. The number of hydrogen-bond acceptors (Lipinski definition) is 3. The van der Waals surface area contributed by atoms with E-state index in [1.165, 1.54) is 42.8 Å². The number of primary amides is 1. The number of nitrogens with two attached hydrogens (primary N) is 1. The average Bonchev–Trinajstić information content (AvgIpc) is 2.80. The normalized spacial score (nSPS) is 18.2. The van der Waals surface area contributed by atoms with Gasteiger partial charge in [-0.3, -0.25) is 4.79 Å². The minimum Gasteiger partial charge on any atom is -0.438 e. The summed E-state index contributed by atoms with van der Waals surface area (Å²) in [6.45, 7) is 9.24.